The third-order valence-corrected chi connectivity index (χ3v) is 3.85. The number of nitrogens with zero attached hydrogens (tertiary/aromatic N) is 1. The van der Waals surface area contributed by atoms with Crippen LogP contribution in [0.3, 0.4) is 0 Å². The summed E-state index contributed by atoms with van der Waals surface area (Å²) in [7, 11) is 6.31. The molecule has 0 saturated carbocycles. The monoisotopic (exact) mass is 355 g/mol. The van der Waals surface area contributed by atoms with Crippen molar-refractivity contribution in [3.63, 3.8) is 0 Å². The maximum absolute atomic E-state index is 12.8. The molecule has 0 fully saturated rings. The molecule has 0 aromatic heterocycles. The summed E-state index contributed by atoms with van der Waals surface area (Å²) in [5.41, 5.74) is 0. The second-order valence-electron chi connectivity index (χ2n) is 5.36. The molecule has 1 rings (SSSR count). The summed E-state index contributed by atoms with van der Waals surface area (Å²) in [6.45, 7) is 4.20. The van der Waals surface area contributed by atoms with Crippen LogP contribution >= 0.6 is 0 Å². The van der Waals surface area contributed by atoms with Crippen molar-refractivity contribution in [3.05, 3.63) is 18.2 Å². The summed E-state index contributed by atoms with van der Waals surface area (Å²) in [6.07, 6.45) is 0.601. The molecule has 0 aliphatic carbocycles. The Morgan fingerprint density at radius 2 is 1.52 bits per heavy atom. The van der Waals surface area contributed by atoms with Crippen LogP contribution in [-0.4, -0.2) is 71.7 Å². The van der Waals surface area contributed by atoms with Gasteiger partial charge in [0.1, 0.15) is 6.04 Å². The Bertz CT molecular complexity index is 492. The molecule has 0 heterocycles. The van der Waals surface area contributed by atoms with Crippen molar-refractivity contribution in [1.82, 2.24) is 4.90 Å². The standard InChI is InChI=1S/C18H29NO6/c1-6-14(19(10-12-21-2)11-13-22-3)18(20)25-17-15(23-4)8-7-9-16(17)24-5/h7-9,14H,6,10-13H2,1-5H3/t14-/m0/s1. The van der Waals surface area contributed by atoms with Crippen LogP contribution < -0.4 is 14.2 Å². The average Bonchev–Trinajstić information content (AvgIpc) is 2.64. The molecular weight excluding hydrogens is 326 g/mol. The van der Waals surface area contributed by atoms with E-state index >= 15 is 0 Å². The molecule has 0 amide bonds. The fourth-order valence-corrected chi connectivity index (χ4v) is 2.50. The highest BCUT2D eigenvalue weighted by Crippen LogP contribution is 2.37. The van der Waals surface area contributed by atoms with Crippen LogP contribution in [0.5, 0.6) is 17.2 Å². The Morgan fingerprint density at radius 3 is 1.92 bits per heavy atom. The van der Waals surface area contributed by atoms with Gasteiger partial charge in [-0.3, -0.25) is 4.90 Å². The second kappa shape index (κ2) is 11.7. The van der Waals surface area contributed by atoms with Gasteiger partial charge in [0, 0.05) is 27.3 Å². The molecule has 0 N–H and O–H groups in total. The van der Waals surface area contributed by atoms with Crippen LogP contribution in [0.1, 0.15) is 13.3 Å². The number of rotatable bonds is 12. The van der Waals surface area contributed by atoms with Crippen LogP contribution in [0.15, 0.2) is 18.2 Å². The van der Waals surface area contributed by atoms with Gasteiger partial charge in [0.25, 0.3) is 0 Å². The normalized spacial score (nSPS) is 12.1. The van der Waals surface area contributed by atoms with E-state index in [9.17, 15) is 4.79 Å². The number of carbonyl (C=O) groups is 1. The number of ether oxygens (including phenoxy) is 5. The fraction of sp³-hybridized carbons (Fsp3) is 0.611. The number of hydrogen-bond acceptors (Lipinski definition) is 7. The highest BCUT2D eigenvalue weighted by atomic mass is 16.6. The first-order valence-electron chi connectivity index (χ1n) is 8.27. The van der Waals surface area contributed by atoms with Gasteiger partial charge in [-0.2, -0.15) is 0 Å². The third-order valence-electron chi connectivity index (χ3n) is 3.85. The van der Waals surface area contributed by atoms with Crippen LogP contribution in [0, 0.1) is 0 Å². The zero-order chi connectivity index (χ0) is 18.7. The van der Waals surface area contributed by atoms with E-state index in [1.54, 1.807) is 32.4 Å². The molecule has 0 aliphatic heterocycles. The van der Waals surface area contributed by atoms with Crippen molar-refractivity contribution in [3.8, 4) is 17.2 Å². The summed E-state index contributed by atoms with van der Waals surface area (Å²) in [4.78, 5) is 14.8. The minimum absolute atomic E-state index is 0.286. The van der Waals surface area contributed by atoms with Gasteiger partial charge in [-0.25, -0.2) is 4.79 Å². The Hall–Kier alpha value is -1.83. The molecule has 25 heavy (non-hydrogen) atoms. The summed E-state index contributed by atoms with van der Waals surface area (Å²) in [5.74, 6) is 0.817. The van der Waals surface area contributed by atoms with Crippen LogP contribution in [0.4, 0.5) is 0 Å². The zero-order valence-electron chi connectivity index (χ0n) is 15.7. The van der Waals surface area contributed by atoms with E-state index in [1.807, 2.05) is 11.8 Å². The lowest BCUT2D eigenvalue weighted by atomic mass is 10.2. The number of benzene rings is 1. The van der Waals surface area contributed by atoms with E-state index in [2.05, 4.69) is 0 Å². The van der Waals surface area contributed by atoms with Crippen molar-refractivity contribution in [2.45, 2.75) is 19.4 Å². The summed E-state index contributed by atoms with van der Waals surface area (Å²) in [6, 6.07) is 4.80. The lowest BCUT2D eigenvalue weighted by molar-refractivity contribution is -0.141. The quantitative estimate of drug-likeness (QED) is 0.419. The van der Waals surface area contributed by atoms with Gasteiger partial charge in [-0.1, -0.05) is 13.0 Å². The molecule has 0 unspecified atom stereocenters. The smallest absolute Gasteiger partial charge is 0.329 e. The van der Waals surface area contributed by atoms with Crippen LogP contribution in [0.25, 0.3) is 0 Å². The minimum Gasteiger partial charge on any atom is -0.493 e. The molecule has 1 atom stereocenters. The molecule has 0 bridgehead atoms. The van der Waals surface area contributed by atoms with Gasteiger partial charge in [-0.15, -0.1) is 0 Å². The molecule has 0 spiro atoms. The highest BCUT2D eigenvalue weighted by molar-refractivity contribution is 5.79. The molecule has 1 aromatic rings. The predicted octanol–water partition coefficient (Wildman–Crippen LogP) is 1.98. The topological polar surface area (TPSA) is 66.5 Å². The van der Waals surface area contributed by atoms with E-state index in [0.717, 1.165) is 0 Å². The highest BCUT2D eigenvalue weighted by Gasteiger charge is 2.28. The van der Waals surface area contributed by atoms with Crippen molar-refractivity contribution in [2.24, 2.45) is 0 Å². The predicted molar refractivity (Wildman–Crippen MR) is 94.6 cm³/mol. The summed E-state index contributed by atoms with van der Waals surface area (Å²) >= 11 is 0. The first-order chi connectivity index (χ1) is 12.1. The first kappa shape index (κ1) is 21.2. The molecule has 0 radical (unpaired) electrons. The van der Waals surface area contributed by atoms with Crippen molar-refractivity contribution in [2.75, 3.05) is 54.7 Å². The van der Waals surface area contributed by atoms with E-state index < -0.39 is 6.04 Å². The third kappa shape index (κ3) is 6.19. The number of hydrogen-bond donors (Lipinski definition) is 0. The van der Waals surface area contributed by atoms with Gasteiger partial charge in [0.05, 0.1) is 27.4 Å². The average molecular weight is 355 g/mol. The maximum atomic E-state index is 12.8. The molecule has 7 heteroatoms. The molecular formula is C18H29NO6. The second-order valence-corrected chi connectivity index (χ2v) is 5.36. The van der Waals surface area contributed by atoms with Crippen molar-refractivity contribution < 1.29 is 28.5 Å². The summed E-state index contributed by atoms with van der Waals surface area (Å²) in [5, 5.41) is 0. The van der Waals surface area contributed by atoms with Crippen molar-refractivity contribution in [1.29, 1.82) is 0 Å². The van der Waals surface area contributed by atoms with Gasteiger partial charge in [0.15, 0.2) is 11.5 Å². The molecule has 142 valence electrons. The molecule has 0 saturated heterocycles. The maximum Gasteiger partial charge on any atom is 0.329 e. The zero-order valence-corrected chi connectivity index (χ0v) is 15.7. The van der Waals surface area contributed by atoms with Crippen molar-refractivity contribution >= 4 is 5.97 Å². The van der Waals surface area contributed by atoms with Crippen LogP contribution in [0.2, 0.25) is 0 Å². The molecule has 7 nitrogen and oxygen atoms in total. The fourth-order valence-electron chi connectivity index (χ4n) is 2.50. The Balaban J connectivity index is 2.97. The van der Waals surface area contributed by atoms with Gasteiger partial charge in [-0.05, 0) is 18.6 Å². The SMILES string of the molecule is CC[C@@H](C(=O)Oc1c(OC)cccc1OC)N(CCOC)CCOC. The largest absolute Gasteiger partial charge is 0.493 e. The van der Waals surface area contributed by atoms with Crippen LogP contribution in [-0.2, 0) is 14.3 Å². The number of esters is 1. The number of methoxy groups -OCH3 is 4. The lowest BCUT2D eigenvalue weighted by Gasteiger charge is -2.29. The molecule has 0 aliphatic rings. The van der Waals surface area contributed by atoms with E-state index in [4.69, 9.17) is 23.7 Å². The van der Waals surface area contributed by atoms with Gasteiger partial charge >= 0.3 is 5.97 Å². The molecule has 1 aromatic carbocycles. The van der Waals surface area contributed by atoms with Gasteiger partial charge < -0.3 is 23.7 Å². The van der Waals surface area contributed by atoms with E-state index in [0.29, 0.717) is 44.2 Å². The number of carbonyl (C=O) groups excluding carboxylic acids is 1. The summed E-state index contributed by atoms with van der Waals surface area (Å²) < 4.78 is 26.5. The Morgan fingerprint density at radius 1 is 1.00 bits per heavy atom. The lowest BCUT2D eigenvalue weighted by Crippen LogP contribution is -2.46. The van der Waals surface area contributed by atoms with Gasteiger partial charge in [0.2, 0.25) is 5.75 Å². The number of para-hydroxylation sites is 1. The first-order valence-corrected chi connectivity index (χ1v) is 8.27. The van der Waals surface area contributed by atoms with E-state index in [-0.39, 0.29) is 11.7 Å². The Labute approximate surface area is 149 Å². The Kier molecular flexibility index (Phi) is 9.91. The van der Waals surface area contributed by atoms with E-state index in [1.165, 1.54) is 14.2 Å². The minimum atomic E-state index is -0.417.